The van der Waals surface area contributed by atoms with Gasteiger partial charge in [-0.2, -0.15) is 0 Å². The first kappa shape index (κ1) is 13.6. The monoisotopic (exact) mass is 296 g/mol. The molecule has 0 spiro atoms. The number of imidazole rings is 1. The third kappa shape index (κ3) is 2.49. The molecular formula is C13H11F3N4O. The van der Waals surface area contributed by atoms with Crippen molar-refractivity contribution in [1.82, 2.24) is 15.3 Å². The molecule has 3 N–H and O–H groups in total. The van der Waals surface area contributed by atoms with E-state index in [4.69, 9.17) is 0 Å². The molecule has 0 aliphatic carbocycles. The highest BCUT2D eigenvalue weighted by Gasteiger charge is 2.26. The number of hydrogen-bond donors (Lipinski definition) is 3. The normalized spacial score (nSPS) is 17.4. The summed E-state index contributed by atoms with van der Waals surface area (Å²) in [5, 5.41) is 5.20. The summed E-state index contributed by atoms with van der Waals surface area (Å²) in [7, 11) is 0. The summed E-state index contributed by atoms with van der Waals surface area (Å²) in [4.78, 5) is 19.1. The van der Waals surface area contributed by atoms with Gasteiger partial charge in [-0.15, -0.1) is 0 Å². The van der Waals surface area contributed by atoms with Crippen molar-refractivity contribution in [2.24, 2.45) is 0 Å². The Hall–Kier alpha value is -2.35. The van der Waals surface area contributed by atoms with E-state index < -0.39 is 35.1 Å². The van der Waals surface area contributed by atoms with Crippen LogP contribution in [0.5, 0.6) is 0 Å². The Bertz CT molecular complexity index is 701. The van der Waals surface area contributed by atoms with Crippen molar-refractivity contribution in [3.8, 4) is 0 Å². The molecule has 1 aliphatic heterocycles. The van der Waals surface area contributed by atoms with Crippen molar-refractivity contribution in [1.29, 1.82) is 0 Å². The number of halogens is 3. The number of aromatic amines is 1. The second-order valence-corrected chi connectivity index (χ2v) is 4.68. The number of anilines is 1. The smallest absolute Gasteiger partial charge is 0.242 e. The average molecular weight is 296 g/mol. The highest BCUT2D eigenvalue weighted by Crippen LogP contribution is 2.20. The molecule has 1 aromatic carbocycles. The van der Waals surface area contributed by atoms with Crippen LogP contribution in [0.4, 0.5) is 18.9 Å². The molecule has 1 aromatic heterocycles. The van der Waals surface area contributed by atoms with E-state index in [0.717, 1.165) is 23.5 Å². The lowest BCUT2D eigenvalue weighted by molar-refractivity contribution is -0.118. The molecule has 3 rings (SSSR count). The number of carbonyl (C=O) groups excluding carboxylic acids is 1. The summed E-state index contributed by atoms with van der Waals surface area (Å²) in [6, 6.07) is 1.12. The van der Waals surface area contributed by atoms with Crippen molar-refractivity contribution in [2.75, 3.05) is 5.32 Å². The molecular weight excluding hydrogens is 285 g/mol. The van der Waals surface area contributed by atoms with Crippen LogP contribution in [0.1, 0.15) is 11.4 Å². The zero-order valence-corrected chi connectivity index (χ0v) is 10.7. The lowest BCUT2D eigenvalue weighted by Gasteiger charge is -2.22. The maximum absolute atomic E-state index is 13.5. The van der Waals surface area contributed by atoms with Crippen LogP contribution in [0, 0.1) is 17.5 Å². The Morgan fingerprint density at radius 1 is 1.29 bits per heavy atom. The van der Waals surface area contributed by atoms with Crippen molar-refractivity contribution in [2.45, 2.75) is 19.0 Å². The predicted molar refractivity (Wildman–Crippen MR) is 67.9 cm³/mol. The van der Waals surface area contributed by atoms with Gasteiger partial charge in [0.25, 0.3) is 0 Å². The van der Waals surface area contributed by atoms with Crippen LogP contribution >= 0.6 is 0 Å². The largest absolute Gasteiger partial charge is 0.347 e. The molecule has 8 heteroatoms. The molecule has 110 valence electrons. The Balaban J connectivity index is 1.74. The molecule has 0 saturated heterocycles. The molecule has 21 heavy (non-hydrogen) atoms. The number of fused-ring (bicyclic) bond motifs is 1. The summed E-state index contributed by atoms with van der Waals surface area (Å²) in [6.07, 6.45) is 1.86. The second kappa shape index (κ2) is 5.21. The molecule has 1 atom stereocenters. The molecule has 0 fully saturated rings. The van der Waals surface area contributed by atoms with Crippen molar-refractivity contribution in [3.05, 3.63) is 47.3 Å². The number of nitrogens with one attached hydrogen (secondary N) is 3. The number of nitrogens with zero attached hydrogens (tertiary/aromatic N) is 1. The number of rotatable bonds is 2. The molecule has 1 unspecified atom stereocenters. The maximum atomic E-state index is 13.5. The van der Waals surface area contributed by atoms with Gasteiger partial charge >= 0.3 is 0 Å². The number of hydrogen-bond acceptors (Lipinski definition) is 3. The summed E-state index contributed by atoms with van der Waals surface area (Å²) < 4.78 is 39.4. The molecule has 2 heterocycles. The van der Waals surface area contributed by atoms with Crippen LogP contribution in [-0.2, 0) is 17.8 Å². The topological polar surface area (TPSA) is 69.8 Å². The van der Waals surface area contributed by atoms with Gasteiger partial charge in [0, 0.05) is 13.0 Å². The van der Waals surface area contributed by atoms with Crippen molar-refractivity contribution < 1.29 is 18.0 Å². The van der Waals surface area contributed by atoms with Crippen LogP contribution in [-0.4, -0.2) is 21.9 Å². The van der Waals surface area contributed by atoms with Gasteiger partial charge in [-0.25, -0.2) is 18.2 Å². The van der Waals surface area contributed by atoms with Gasteiger partial charge in [0.2, 0.25) is 5.91 Å². The standard InChI is InChI=1S/C13H11F3N4O/c14-6-1-2-7(12(16)11(6)15)20-13(21)9-3-8-10(4-17-9)19-5-18-8/h1-2,5,9,17H,3-4H2,(H,18,19)(H,20,21). The summed E-state index contributed by atoms with van der Waals surface area (Å²) in [5.41, 5.74) is 1.24. The summed E-state index contributed by atoms with van der Waals surface area (Å²) >= 11 is 0. The van der Waals surface area contributed by atoms with Crippen LogP contribution in [0.3, 0.4) is 0 Å². The Morgan fingerprint density at radius 2 is 2.10 bits per heavy atom. The Labute approximate surface area is 117 Å². The molecule has 0 bridgehead atoms. The highest BCUT2D eigenvalue weighted by atomic mass is 19.2. The zero-order valence-electron chi connectivity index (χ0n) is 10.7. The minimum atomic E-state index is -1.61. The van der Waals surface area contributed by atoms with E-state index in [9.17, 15) is 18.0 Å². The molecule has 2 aromatic rings. The van der Waals surface area contributed by atoms with E-state index in [0.29, 0.717) is 13.0 Å². The van der Waals surface area contributed by atoms with Gasteiger partial charge in [-0.1, -0.05) is 0 Å². The van der Waals surface area contributed by atoms with Crippen molar-refractivity contribution >= 4 is 11.6 Å². The van der Waals surface area contributed by atoms with E-state index in [1.165, 1.54) is 6.33 Å². The Kier molecular flexibility index (Phi) is 3.38. The maximum Gasteiger partial charge on any atom is 0.242 e. The lowest BCUT2D eigenvalue weighted by Crippen LogP contribution is -2.44. The number of aromatic nitrogens is 2. The van der Waals surface area contributed by atoms with Crippen LogP contribution in [0.15, 0.2) is 18.5 Å². The fourth-order valence-electron chi connectivity index (χ4n) is 2.20. The molecule has 1 amide bonds. The van der Waals surface area contributed by atoms with Gasteiger partial charge in [0.15, 0.2) is 17.5 Å². The third-order valence-corrected chi connectivity index (χ3v) is 3.34. The van der Waals surface area contributed by atoms with E-state index in [2.05, 4.69) is 20.6 Å². The van der Waals surface area contributed by atoms with Crippen LogP contribution in [0.2, 0.25) is 0 Å². The average Bonchev–Trinajstić information content (AvgIpc) is 2.95. The van der Waals surface area contributed by atoms with Gasteiger partial charge in [0.05, 0.1) is 29.4 Å². The first-order valence-electron chi connectivity index (χ1n) is 6.25. The summed E-state index contributed by atoms with van der Waals surface area (Å²) in [6.45, 7) is 0.424. The van der Waals surface area contributed by atoms with E-state index in [1.807, 2.05) is 0 Å². The lowest BCUT2D eigenvalue weighted by atomic mass is 10.0. The fraction of sp³-hybridized carbons (Fsp3) is 0.231. The summed E-state index contributed by atoms with van der Waals surface area (Å²) in [5.74, 6) is -4.87. The molecule has 0 radical (unpaired) electrons. The zero-order chi connectivity index (χ0) is 15.0. The Morgan fingerprint density at radius 3 is 2.90 bits per heavy atom. The van der Waals surface area contributed by atoms with E-state index in [1.54, 1.807) is 0 Å². The highest BCUT2D eigenvalue weighted by molar-refractivity contribution is 5.95. The first-order valence-corrected chi connectivity index (χ1v) is 6.25. The first-order chi connectivity index (χ1) is 10.1. The van der Waals surface area contributed by atoms with Crippen LogP contribution < -0.4 is 10.6 Å². The molecule has 5 nitrogen and oxygen atoms in total. The number of benzene rings is 1. The minimum absolute atomic E-state index is 0.329. The van der Waals surface area contributed by atoms with Crippen LogP contribution in [0.25, 0.3) is 0 Å². The third-order valence-electron chi connectivity index (χ3n) is 3.34. The number of H-pyrrole nitrogens is 1. The second-order valence-electron chi connectivity index (χ2n) is 4.68. The molecule has 1 aliphatic rings. The van der Waals surface area contributed by atoms with Crippen molar-refractivity contribution in [3.63, 3.8) is 0 Å². The SMILES string of the molecule is O=C(Nc1ccc(F)c(F)c1F)C1Cc2nc[nH]c2CN1. The van der Waals surface area contributed by atoms with Gasteiger partial charge in [-0.3, -0.25) is 10.1 Å². The molecule has 0 saturated carbocycles. The van der Waals surface area contributed by atoms with E-state index in [-0.39, 0.29) is 0 Å². The fourth-order valence-corrected chi connectivity index (χ4v) is 2.20. The minimum Gasteiger partial charge on any atom is -0.347 e. The quantitative estimate of drug-likeness (QED) is 0.735. The van der Waals surface area contributed by atoms with Gasteiger partial charge in [0.1, 0.15) is 0 Å². The number of amides is 1. The van der Waals surface area contributed by atoms with Gasteiger partial charge in [-0.05, 0) is 12.1 Å². The van der Waals surface area contributed by atoms with E-state index >= 15 is 0 Å². The predicted octanol–water partition coefficient (Wildman–Crippen LogP) is 1.48. The number of carbonyl (C=O) groups is 1. The van der Waals surface area contributed by atoms with Gasteiger partial charge < -0.3 is 10.3 Å².